The van der Waals surface area contributed by atoms with Crippen molar-refractivity contribution in [3.63, 3.8) is 0 Å². The maximum Gasteiger partial charge on any atom is 0.225 e. The smallest absolute Gasteiger partial charge is 0.225 e. The second-order valence-electron chi connectivity index (χ2n) is 7.95. The fourth-order valence-corrected chi connectivity index (χ4v) is 4.37. The number of rotatable bonds is 4. The van der Waals surface area contributed by atoms with Gasteiger partial charge in [-0.1, -0.05) is 17.7 Å². The Bertz CT molecular complexity index is 874. The van der Waals surface area contributed by atoms with Gasteiger partial charge in [0.05, 0.1) is 0 Å². The highest BCUT2D eigenvalue weighted by atomic mass is 35.5. The molecule has 1 N–H and O–H groups in total. The van der Waals surface area contributed by atoms with Crippen LogP contribution in [0.2, 0.25) is 5.02 Å². The molecule has 2 aliphatic rings. The summed E-state index contributed by atoms with van der Waals surface area (Å²) < 4.78 is 0. The Morgan fingerprint density at radius 2 is 1.65 bits per heavy atom. The van der Waals surface area contributed by atoms with E-state index >= 15 is 0 Å². The minimum atomic E-state index is 0.649. The zero-order chi connectivity index (χ0) is 21.6. The second-order valence-corrected chi connectivity index (χ2v) is 8.36. The number of aliphatic imine (C=N–C) groups is 1. The molecule has 1 aromatic heterocycles. The van der Waals surface area contributed by atoms with Crippen LogP contribution in [0.25, 0.3) is 0 Å². The lowest BCUT2D eigenvalue weighted by Gasteiger charge is -2.37. The number of hydrogen-bond acceptors (Lipinski definition) is 6. The minimum Gasteiger partial charge on any atom is -0.369 e. The first-order chi connectivity index (χ1) is 15.2. The Balaban J connectivity index is 1.38. The summed E-state index contributed by atoms with van der Waals surface area (Å²) in [4.78, 5) is 22.5. The normalized spacial score (nSPS) is 18.4. The summed E-state index contributed by atoms with van der Waals surface area (Å²) in [6.07, 6.45) is 3.58. The van der Waals surface area contributed by atoms with Crippen LogP contribution in [-0.4, -0.2) is 92.2 Å². The predicted octanol–water partition coefficient (Wildman–Crippen LogP) is 1.78. The van der Waals surface area contributed by atoms with Crippen molar-refractivity contribution in [1.82, 2.24) is 25.1 Å². The quantitative estimate of drug-likeness (QED) is 0.572. The minimum absolute atomic E-state index is 0.649. The summed E-state index contributed by atoms with van der Waals surface area (Å²) in [7, 11) is 4.01. The summed E-state index contributed by atoms with van der Waals surface area (Å²) in [5, 5.41) is 4.34. The van der Waals surface area contributed by atoms with Crippen LogP contribution in [0, 0.1) is 0 Å². The van der Waals surface area contributed by atoms with E-state index in [1.54, 1.807) is 12.4 Å². The number of hydrogen-bond donors (Lipinski definition) is 1. The first-order valence-corrected chi connectivity index (χ1v) is 11.2. The Hall–Kier alpha value is -2.58. The summed E-state index contributed by atoms with van der Waals surface area (Å²) in [5.74, 6) is 1.69. The third kappa shape index (κ3) is 5.19. The van der Waals surface area contributed by atoms with Gasteiger partial charge in [-0.05, 0) is 25.2 Å². The van der Waals surface area contributed by atoms with Crippen molar-refractivity contribution < 1.29 is 0 Å². The molecule has 166 valence electrons. The third-order valence-electron chi connectivity index (χ3n) is 5.99. The molecule has 4 rings (SSSR count). The van der Waals surface area contributed by atoms with Gasteiger partial charge in [0.2, 0.25) is 5.95 Å². The van der Waals surface area contributed by atoms with Gasteiger partial charge >= 0.3 is 0 Å². The molecule has 0 amide bonds. The molecule has 0 aliphatic carbocycles. The zero-order valence-electron chi connectivity index (χ0n) is 18.3. The molecule has 2 aromatic rings. The number of anilines is 2. The molecule has 9 heteroatoms. The lowest BCUT2D eigenvalue weighted by Crippen LogP contribution is -2.52. The fraction of sp³-hybridized carbons (Fsp3) is 0.500. The van der Waals surface area contributed by atoms with Gasteiger partial charge in [0.15, 0.2) is 5.96 Å². The van der Waals surface area contributed by atoms with Gasteiger partial charge in [-0.2, -0.15) is 0 Å². The van der Waals surface area contributed by atoms with Gasteiger partial charge in [0.25, 0.3) is 0 Å². The third-order valence-corrected chi connectivity index (χ3v) is 6.34. The van der Waals surface area contributed by atoms with E-state index < -0.39 is 0 Å². The van der Waals surface area contributed by atoms with Crippen molar-refractivity contribution in [2.24, 2.45) is 4.99 Å². The number of likely N-dealkylation sites (N-methyl/N-ethyl adjacent to an activating group) is 1. The van der Waals surface area contributed by atoms with E-state index in [2.05, 4.69) is 53.0 Å². The molecule has 0 bridgehead atoms. The molecule has 8 nitrogen and oxygen atoms in total. The van der Waals surface area contributed by atoms with Crippen molar-refractivity contribution in [3.05, 3.63) is 47.2 Å². The molecule has 2 saturated heterocycles. The monoisotopic (exact) mass is 442 g/mol. The van der Waals surface area contributed by atoms with E-state index in [0.29, 0.717) is 6.54 Å². The highest BCUT2D eigenvalue weighted by Crippen LogP contribution is 2.28. The Morgan fingerprint density at radius 3 is 2.32 bits per heavy atom. The topological polar surface area (TPSA) is 63.1 Å². The van der Waals surface area contributed by atoms with Gasteiger partial charge in [-0.15, -0.1) is 0 Å². The predicted molar refractivity (Wildman–Crippen MR) is 127 cm³/mol. The number of guanidine groups is 1. The molecule has 1 aromatic carbocycles. The van der Waals surface area contributed by atoms with E-state index in [9.17, 15) is 0 Å². The molecule has 0 atom stereocenters. The molecule has 2 aliphatic heterocycles. The average Bonchev–Trinajstić information content (AvgIpc) is 2.82. The zero-order valence-corrected chi connectivity index (χ0v) is 19.1. The molecule has 0 radical (unpaired) electrons. The van der Waals surface area contributed by atoms with Gasteiger partial charge in [0, 0.05) is 94.6 Å². The largest absolute Gasteiger partial charge is 0.369 e. The number of nitrogens with one attached hydrogen (secondary N) is 1. The van der Waals surface area contributed by atoms with Gasteiger partial charge in [0.1, 0.15) is 0 Å². The van der Waals surface area contributed by atoms with Crippen LogP contribution in [0.4, 0.5) is 11.6 Å². The van der Waals surface area contributed by atoms with Crippen LogP contribution in [0.5, 0.6) is 0 Å². The van der Waals surface area contributed by atoms with Crippen LogP contribution in [0.3, 0.4) is 0 Å². The lowest BCUT2D eigenvalue weighted by molar-refractivity contribution is 0.312. The van der Waals surface area contributed by atoms with Gasteiger partial charge in [-0.25, -0.2) is 9.97 Å². The van der Waals surface area contributed by atoms with Crippen LogP contribution in [-0.2, 0) is 6.54 Å². The van der Waals surface area contributed by atoms with Gasteiger partial charge in [-0.3, -0.25) is 4.99 Å². The summed E-state index contributed by atoms with van der Waals surface area (Å²) in [6.45, 7) is 8.28. The molecule has 3 heterocycles. The second kappa shape index (κ2) is 10.2. The van der Waals surface area contributed by atoms with Gasteiger partial charge < -0.3 is 24.9 Å². The van der Waals surface area contributed by atoms with Crippen molar-refractivity contribution in [1.29, 1.82) is 0 Å². The number of nitrogens with zero attached hydrogens (tertiary/aromatic N) is 7. The molecule has 0 unspecified atom stereocenters. The molecule has 31 heavy (non-hydrogen) atoms. The summed E-state index contributed by atoms with van der Waals surface area (Å²) >= 11 is 6.63. The summed E-state index contributed by atoms with van der Waals surface area (Å²) in [6, 6.07) is 8.03. The summed E-state index contributed by atoms with van der Waals surface area (Å²) in [5.41, 5.74) is 2.35. The van der Waals surface area contributed by atoms with Crippen LogP contribution >= 0.6 is 11.6 Å². The van der Waals surface area contributed by atoms with Crippen LogP contribution in [0.1, 0.15) is 5.56 Å². The maximum absolute atomic E-state index is 6.63. The number of aromatic nitrogens is 2. The van der Waals surface area contributed by atoms with E-state index in [4.69, 9.17) is 11.6 Å². The number of piperazine rings is 2. The molecule has 0 spiro atoms. The van der Waals surface area contributed by atoms with E-state index in [1.807, 2.05) is 25.2 Å². The number of benzene rings is 1. The Morgan fingerprint density at radius 1 is 0.968 bits per heavy atom. The lowest BCUT2D eigenvalue weighted by atomic mass is 10.1. The van der Waals surface area contributed by atoms with Crippen molar-refractivity contribution >= 4 is 29.2 Å². The Labute approximate surface area is 189 Å². The fourth-order valence-electron chi connectivity index (χ4n) is 4.14. The van der Waals surface area contributed by atoms with E-state index in [-0.39, 0.29) is 0 Å². The van der Waals surface area contributed by atoms with Crippen molar-refractivity contribution in [2.45, 2.75) is 6.54 Å². The van der Waals surface area contributed by atoms with Crippen molar-refractivity contribution in [2.75, 3.05) is 76.3 Å². The first kappa shape index (κ1) is 21.6. The molecular weight excluding hydrogens is 412 g/mol. The first-order valence-electron chi connectivity index (χ1n) is 10.8. The van der Waals surface area contributed by atoms with Crippen LogP contribution in [0.15, 0.2) is 41.7 Å². The number of halogens is 1. The highest BCUT2D eigenvalue weighted by molar-refractivity contribution is 6.31. The molecule has 2 fully saturated rings. The highest BCUT2D eigenvalue weighted by Gasteiger charge is 2.22. The SMILES string of the molecule is CN=C(NCc1c(Cl)cccc1N1CCN(C)CC1)N1CCN(c2ncccn2)CC1. The van der Waals surface area contributed by atoms with Crippen LogP contribution < -0.4 is 15.1 Å². The standard InChI is InChI=1S/C22H31ClN8/c1-24-21(30-13-15-31(16-14-30)22-25-7-4-8-26-22)27-17-18-19(23)5-3-6-20(18)29-11-9-28(2)10-12-29/h3-8H,9-17H2,1-2H3,(H,24,27). The molecular formula is C22H31ClN8. The maximum atomic E-state index is 6.63. The van der Waals surface area contributed by atoms with E-state index in [0.717, 1.165) is 74.9 Å². The Kier molecular flexibility index (Phi) is 7.09. The average molecular weight is 443 g/mol. The van der Waals surface area contributed by atoms with E-state index in [1.165, 1.54) is 5.69 Å². The van der Waals surface area contributed by atoms with Crippen molar-refractivity contribution in [3.8, 4) is 0 Å². The molecule has 0 saturated carbocycles.